The molecule has 7 nitrogen and oxygen atoms in total. The van der Waals surface area contributed by atoms with Crippen molar-refractivity contribution >= 4 is 23.5 Å². The zero-order chi connectivity index (χ0) is 33.1. The Morgan fingerprint density at radius 1 is 0.930 bits per heavy atom. The van der Waals surface area contributed by atoms with Crippen LogP contribution in [-0.4, -0.2) is 50.0 Å². The SMILES string of the molecule is CCCCCC(CCC)CSc1cc(O)n(C(C)(C)CCC(=O)NC(C)(C)CCC(C)(C)OCCC(C)(C)C(C)=O)c1O. The number of unbranched alkanes of at least 4 members (excludes halogenated alkanes) is 2. The fourth-order valence-electron chi connectivity index (χ4n) is 5.26. The first-order chi connectivity index (χ1) is 19.8. The molecule has 0 fully saturated rings. The molecule has 1 amide bonds. The number of aromatic nitrogens is 1. The Morgan fingerprint density at radius 3 is 2.16 bits per heavy atom. The normalized spacial score (nSPS) is 13.7. The number of thioether (sulfide) groups is 1. The number of ketones is 1. The molecule has 0 aliphatic heterocycles. The number of carbonyl (C=O) groups excluding carboxylic acids is 2. The molecule has 0 aliphatic carbocycles. The average Bonchev–Trinajstić information content (AvgIpc) is 3.18. The van der Waals surface area contributed by atoms with E-state index in [2.05, 4.69) is 19.2 Å². The first kappa shape index (κ1) is 39.4. The quantitative estimate of drug-likeness (QED) is 0.0879. The number of Topliss-reactive ketones (excluding diaryl/α,β-unsaturated/α-hetero) is 1. The maximum atomic E-state index is 13.0. The van der Waals surface area contributed by atoms with Gasteiger partial charge in [0, 0.05) is 41.3 Å². The molecule has 3 N–H and O–H groups in total. The predicted molar refractivity (Wildman–Crippen MR) is 180 cm³/mol. The fourth-order valence-corrected chi connectivity index (χ4v) is 6.41. The van der Waals surface area contributed by atoms with Crippen LogP contribution in [0.3, 0.4) is 0 Å². The maximum Gasteiger partial charge on any atom is 0.220 e. The number of aromatic hydroxyl groups is 2. The highest BCUT2D eigenvalue weighted by atomic mass is 32.2. The van der Waals surface area contributed by atoms with E-state index in [1.54, 1.807) is 29.3 Å². The van der Waals surface area contributed by atoms with Crippen molar-refractivity contribution in [3.63, 3.8) is 0 Å². The molecule has 43 heavy (non-hydrogen) atoms. The largest absolute Gasteiger partial charge is 0.494 e. The molecule has 1 atom stereocenters. The monoisotopic (exact) mass is 624 g/mol. The topological polar surface area (TPSA) is 101 Å². The summed E-state index contributed by atoms with van der Waals surface area (Å²) in [5.74, 6) is 1.72. The van der Waals surface area contributed by atoms with Crippen LogP contribution < -0.4 is 5.32 Å². The molecule has 1 aromatic rings. The molecule has 1 aromatic heterocycles. The summed E-state index contributed by atoms with van der Waals surface area (Å²) < 4.78 is 7.69. The van der Waals surface area contributed by atoms with E-state index in [9.17, 15) is 19.8 Å². The molecule has 8 heteroatoms. The van der Waals surface area contributed by atoms with Gasteiger partial charge in [0.15, 0.2) is 5.88 Å². The highest BCUT2D eigenvalue weighted by Gasteiger charge is 2.31. The van der Waals surface area contributed by atoms with Gasteiger partial charge in [0.2, 0.25) is 11.8 Å². The van der Waals surface area contributed by atoms with Crippen LogP contribution in [0.15, 0.2) is 11.0 Å². The Balaban J connectivity index is 2.69. The second-order valence-corrected chi connectivity index (χ2v) is 16.1. The smallest absolute Gasteiger partial charge is 0.220 e. The molecular weight excluding hydrogens is 560 g/mol. The molecule has 1 heterocycles. The third kappa shape index (κ3) is 13.9. The molecule has 0 spiro atoms. The fraction of sp³-hybridized carbons (Fsp3) is 0.829. The highest BCUT2D eigenvalue weighted by molar-refractivity contribution is 7.99. The Bertz CT molecular complexity index is 1010. The average molecular weight is 625 g/mol. The number of carbonyl (C=O) groups is 2. The summed E-state index contributed by atoms with van der Waals surface area (Å²) in [6.45, 7) is 22.5. The number of rotatable bonds is 22. The zero-order valence-electron chi connectivity index (χ0n) is 29.3. The number of ether oxygens (including phenoxy) is 1. The summed E-state index contributed by atoms with van der Waals surface area (Å²) in [6.07, 6.45) is 10.1. The number of nitrogens with one attached hydrogen (secondary N) is 1. The molecule has 0 aromatic carbocycles. The second kappa shape index (κ2) is 17.1. The summed E-state index contributed by atoms with van der Waals surface area (Å²) in [5.41, 5.74) is -1.84. The van der Waals surface area contributed by atoms with Gasteiger partial charge in [0.1, 0.15) is 5.78 Å². The van der Waals surface area contributed by atoms with Crippen LogP contribution >= 0.6 is 11.8 Å². The first-order valence-corrected chi connectivity index (χ1v) is 17.5. The van der Waals surface area contributed by atoms with E-state index in [1.165, 1.54) is 32.1 Å². The highest BCUT2D eigenvalue weighted by Crippen LogP contribution is 2.42. The van der Waals surface area contributed by atoms with E-state index in [0.29, 0.717) is 30.3 Å². The lowest BCUT2D eigenvalue weighted by Crippen LogP contribution is -2.45. The van der Waals surface area contributed by atoms with Gasteiger partial charge in [0.25, 0.3) is 0 Å². The van der Waals surface area contributed by atoms with E-state index in [1.807, 2.05) is 55.4 Å². The third-order valence-electron chi connectivity index (χ3n) is 8.88. The minimum absolute atomic E-state index is 0.0256. The number of amides is 1. The molecule has 0 saturated heterocycles. The van der Waals surface area contributed by atoms with Crippen LogP contribution in [-0.2, 0) is 19.9 Å². The Labute approximate surface area is 267 Å². The molecular formula is C35H64N2O5S. The van der Waals surface area contributed by atoms with Gasteiger partial charge >= 0.3 is 0 Å². The van der Waals surface area contributed by atoms with Crippen molar-refractivity contribution in [2.75, 3.05) is 12.4 Å². The van der Waals surface area contributed by atoms with Crippen molar-refractivity contribution in [2.24, 2.45) is 11.3 Å². The van der Waals surface area contributed by atoms with Crippen molar-refractivity contribution in [2.45, 2.75) is 168 Å². The van der Waals surface area contributed by atoms with Crippen LogP contribution in [0, 0.1) is 11.3 Å². The van der Waals surface area contributed by atoms with Crippen molar-refractivity contribution in [3.05, 3.63) is 6.07 Å². The Kier molecular flexibility index (Phi) is 15.7. The van der Waals surface area contributed by atoms with Gasteiger partial charge in [-0.05, 0) is 92.9 Å². The molecule has 0 saturated carbocycles. The molecule has 0 aliphatic rings. The van der Waals surface area contributed by atoms with E-state index in [-0.39, 0.29) is 35.5 Å². The molecule has 250 valence electrons. The molecule has 1 unspecified atom stereocenters. The lowest BCUT2D eigenvalue weighted by molar-refractivity contribution is -0.127. The summed E-state index contributed by atoms with van der Waals surface area (Å²) in [6, 6.07) is 1.66. The summed E-state index contributed by atoms with van der Waals surface area (Å²) >= 11 is 1.62. The van der Waals surface area contributed by atoms with Gasteiger partial charge in [0.05, 0.1) is 10.5 Å². The van der Waals surface area contributed by atoms with Crippen molar-refractivity contribution < 1.29 is 24.5 Å². The van der Waals surface area contributed by atoms with E-state index < -0.39 is 16.5 Å². The summed E-state index contributed by atoms with van der Waals surface area (Å²) in [7, 11) is 0. The standard InChI is InChI=1S/C35H64N2O5S/c1-12-14-15-17-27(16-13-2)25-43-28-24-30(40)37(31(28)41)34(8,9)19-18-29(39)36-33(6,7)20-21-35(10,11)42-23-22-32(4,5)26(3)38/h24,27,40-41H,12-23,25H2,1-11H3,(H,36,39). The molecule has 0 bridgehead atoms. The lowest BCUT2D eigenvalue weighted by Gasteiger charge is -2.33. The first-order valence-electron chi connectivity index (χ1n) is 16.5. The lowest BCUT2D eigenvalue weighted by atomic mass is 9.85. The molecule has 1 rings (SSSR count). The Hall–Kier alpha value is -1.67. The van der Waals surface area contributed by atoms with Crippen LogP contribution in [0.2, 0.25) is 0 Å². The number of nitrogens with zero attached hydrogens (tertiary/aromatic N) is 1. The van der Waals surface area contributed by atoms with E-state index in [4.69, 9.17) is 4.74 Å². The Morgan fingerprint density at radius 2 is 1.58 bits per heavy atom. The minimum atomic E-state index is -0.651. The van der Waals surface area contributed by atoms with Crippen molar-refractivity contribution in [1.82, 2.24) is 9.88 Å². The third-order valence-corrected chi connectivity index (χ3v) is 10.1. The van der Waals surface area contributed by atoms with Crippen molar-refractivity contribution in [1.29, 1.82) is 0 Å². The number of hydrogen-bond donors (Lipinski definition) is 3. The van der Waals surface area contributed by atoms with Crippen LogP contribution in [0.5, 0.6) is 11.8 Å². The summed E-state index contributed by atoms with van der Waals surface area (Å²) in [5, 5.41) is 25.0. The van der Waals surface area contributed by atoms with Crippen molar-refractivity contribution in [3.8, 4) is 11.8 Å². The zero-order valence-corrected chi connectivity index (χ0v) is 30.1. The maximum absolute atomic E-state index is 13.0. The van der Waals surface area contributed by atoms with E-state index >= 15 is 0 Å². The van der Waals surface area contributed by atoms with E-state index in [0.717, 1.165) is 25.0 Å². The molecule has 0 radical (unpaired) electrons. The predicted octanol–water partition coefficient (Wildman–Crippen LogP) is 8.98. The van der Waals surface area contributed by atoms with Crippen LogP contribution in [0.25, 0.3) is 0 Å². The number of hydrogen-bond acceptors (Lipinski definition) is 6. The summed E-state index contributed by atoms with van der Waals surface area (Å²) in [4.78, 5) is 25.5. The second-order valence-electron chi connectivity index (χ2n) is 15.0. The van der Waals surface area contributed by atoms with Gasteiger partial charge in [-0.1, -0.05) is 53.4 Å². The minimum Gasteiger partial charge on any atom is -0.494 e. The van der Waals surface area contributed by atoms with Gasteiger partial charge in [-0.25, -0.2) is 0 Å². The van der Waals surface area contributed by atoms with Gasteiger partial charge in [-0.3, -0.25) is 14.2 Å². The van der Waals surface area contributed by atoms with Crippen LogP contribution in [0.1, 0.15) is 147 Å². The van der Waals surface area contributed by atoms with Gasteiger partial charge in [-0.15, -0.1) is 11.8 Å². The van der Waals surface area contributed by atoms with Crippen LogP contribution in [0.4, 0.5) is 0 Å². The van der Waals surface area contributed by atoms with Gasteiger partial charge in [-0.2, -0.15) is 0 Å². The van der Waals surface area contributed by atoms with Gasteiger partial charge < -0.3 is 20.3 Å².